The first-order valence-electron chi connectivity index (χ1n) is 6.83. The van der Waals surface area contributed by atoms with Crippen molar-refractivity contribution in [3.63, 3.8) is 0 Å². The van der Waals surface area contributed by atoms with Crippen molar-refractivity contribution >= 4 is 22.6 Å². The van der Waals surface area contributed by atoms with Crippen molar-refractivity contribution in [1.29, 1.82) is 0 Å². The van der Waals surface area contributed by atoms with Crippen LogP contribution in [-0.2, 0) is 17.8 Å². The van der Waals surface area contributed by atoms with Crippen molar-refractivity contribution in [1.82, 2.24) is 20.1 Å². The Bertz CT molecular complexity index is 758. The van der Waals surface area contributed by atoms with Gasteiger partial charge < -0.3 is 16.0 Å². The number of H-pyrrole nitrogens is 1. The topological polar surface area (TPSA) is 88.7 Å². The first-order valence-corrected chi connectivity index (χ1v) is 6.83. The molecule has 0 spiro atoms. The smallest absolute Gasteiger partial charge is 0.241 e. The molecule has 0 saturated heterocycles. The molecule has 0 radical (unpaired) electrons. The number of carbonyl (C=O) groups is 1. The normalized spacial score (nSPS) is 10.9. The van der Waals surface area contributed by atoms with Gasteiger partial charge in [0.15, 0.2) is 0 Å². The van der Waals surface area contributed by atoms with Gasteiger partial charge >= 0.3 is 0 Å². The summed E-state index contributed by atoms with van der Waals surface area (Å²) < 4.78 is 1.52. The van der Waals surface area contributed by atoms with Crippen LogP contribution in [0.2, 0.25) is 0 Å². The molecular formula is C15H17N5O. The average molecular weight is 283 g/mol. The molecule has 0 aliphatic heterocycles. The van der Waals surface area contributed by atoms with Crippen molar-refractivity contribution in [2.24, 2.45) is 0 Å². The van der Waals surface area contributed by atoms with Gasteiger partial charge in [0.2, 0.25) is 5.91 Å². The SMILES string of the molecule is Nc1ccn(CC(=O)NCCc2c[nH]c3ccccc23)n1. The van der Waals surface area contributed by atoms with E-state index in [1.807, 2.05) is 24.4 Å². The summed E-state index contributed by atoms with van der Waals surface area (Å²) in [7, 11) is 0. The van der Waals surface area contributed by atoms with Crippen LogP contribution >= 0.6 is 0 Å². The minimum atomic E-state index is -0.0714. The highest BCUT2D eigenvalue weighted by Crippen LogP contribution is 2.17. The number of benzene rings is 1. The molecule has 1 amide bonds. The Morgan fingerprint density at radius 3 is 3.00 bits per heavy atom. The van der Waals surface area contributed by atoms with E-state index in [1.165, 1.54) is 15.6 Å². The summed E-state index contributed by atoms with van der Waals surface area (Å²) in [6, 6.07) is 9.80. The first kappa shape index (κ1) is 13.2. The zero-order chi connectivity index (χ0) is 14.7. The van der Waals surface area contributed by atoms with E-state index >= 15 is 0 Å². The summed E-state index contributed by atoms with van der Waals surface area (Å²) in [5.74, 6) is 0.347. The van der Waals surface area contributed by atoms with Crippen LogP contribution in [0.25, 0.3) is 10.9 Å². The number of carbonyl (C=O) groups excluding carboxylic acids is 1. The number of amides is 1. The van der Waals surface area contributed by atoms with Crippen LogP contribution in [0.4, 0.5) is 5.82 Å². The van der Waals surface area contributed by atoms with Crippen molar-refractivity contribution in [2.75, 3.05) is 12.3 Å². The highest BCUT2D eigenvalue weighted by molar-refractivity contribution is 5.83. The van der Waals surface area contributed by atoms with Crippen LogP contribution in [0.3, 0.4) is 0 Å². The molecule has 1 aromatic carbocycles. The van der Waals surface area contributed by atoms with Crippen LogP contribution in [0.1, 0.15) is 5.56 Å². The third-order valence-corrected chi connectivity index (χ3v) is 3.36. The van der Waals surface area contributed by atoms with Gasteiger partial charge in [0.1, 0.15) is 12.4 Å². The van der Waals surface area contributed by atoms with Gasteiger partial charge in [-0.1, -0.05) is 18.2 Å². The van der Waals surface area contributed by atoms with Gasteiger partial charge in [0.05, 0.1) is 0 Å². The molecule has 21 heavy (non-hydrogen) atoms. The monoisotopic (exact) mass is 283 g/mol. The lowest BCUT2D eigenvalue weighted by molar-refractivity contribution is -0.121. The molecule has 2 aromatic heterocycles. The minimum absolute atomic E-state index is 0.0714. The Morgan fingerprint density at radius 2 is 2.19 bits per heavy atom. The fourth-order valence-corrected chi connectivity index (χ4v) is 2.34. The van der Waals surface area contributed by atoms with Crippen LogP contribution in [0.5, 0.6) is 0 Å². The third-order valence-electron chi connectivity index (χ3n) is 3.36. The number of aromatic nitrogens is 3. The van der Waals surface area contributed by atoms with Crippen molar-refractivity contribution in [3.8, 4) is 0 Å². The molecule has 3 aromatic rings. The minimum Gasteiger partial charge on any atom is -0.382 e. The van der Waals surface area contributed by atoms with Gasteiger partial charge in [-0.15, -0.1) is 0 Å². The molecule has 0 atom stereocenters. The predicted molar refractivity (Wildman–Crippen MR) is 81.7 cm³/mol. The lowest BCUT2D eigenvalue weighted by atomic mass is 10.1. The highest BCUT2D eigenvalue weighted by Gasteiger charge is 2.05. The number of nitrogen functional groups attached to an aromatic ring is 1. The Kier molecular flexibility index (Phi) is 3.59. The molecule has 6 heteroatoms. The Hall–Kier alpha value is -2.76. The van der Waals surface area contributed by atoms with E-state index < -0.39 is 0 Å². The lowest BCUT2D eigenvalue weighted by Crippen LogP contribution is -2.29. The molecule has 3 rings (SSSR count). The van der Waals surface area contributed by atoms with E-state index in [9.17, 15) is 4.79 Å². The Balaban J connectivity index is 1.53. The molecule has 108 valence electrons. The number of hydrogen-bond donors (Lipinski definition) is 3. The number of fused-ring (bicyclic) bond motifs is 1. The number of anilines is 1. The summed E-state index contributed by atoms with van der Waals surface area (Å²) in [6.07, 6.45) is 4.47. The number of hydrogen-bond acceptors (Lipinski definition) is 3. The predicted octanol–water partition coefficient (Wildman–Crippen LogP) is 1.31. The summed E-state index contributed by atoms with van der Waals surface area (Å²) in [6.45, 7) is 0.780. The van der Waals surface area contributed by atoms with Crippen LogP contribution in [0, 0.1) is 0 Å². The lowest BCUT2D eigenvalue weighted by Gasteiger charge is -2.05. The van der Waals surface area contributed by atoms with Gasteiger partial charge in [0, 0.05) is 29.8 Å². The zero-order valence-corrected chi connectivity index (χ0v) is 11.5. The molecule has 2 heterocycles. The zero-order valence-electron chi connectivity index (χ0n) is 11.5. The number of aromatic amines is 1. The van der Waals surface area contributed by atoms with E-state index in [0.717, 1.165) is 11.9 Å². The second-order valence-corrected chi connectivity index (χ2v) is 4.90. The Morgan fingerprint density at radius 1 is 1.33 bits per heavy atom. The second kappa shape index (κ2) is 5.70. The van der Waals surface area contributed by atoms with Crippen LogP contribution < -0.4 is 11.1 Å². The number of nitrogens with one attached hydrogen (secondary N) is 2. The summed E-state index contributed by atoms with van der Waals surface area (Å²) in [5, 5.41) is 8.07. The fourth-order valence-electron chi connectivity index (χ4n) is 2.34. The van der Waals surface area contributed by atoms with E-state index in [-0.39, 0.29) is 12.5 Å². The second-order valence-electron chi connectivity index (χ2n) is 4.90. The van der Waals surface area contributed by atoms with Gasteiger partial charge in [-0.2, -0.15) is 5.10 Å². The maximum absolute atomic E-state index is 11.8. The highest BCUT2D eigenvalue weighted by atomic mass is 16.2. The van der Waals surface area contributed by atoms with E-state index in [1.54, 1.807) is 12.3 Å². The third kappa shape index (κ3) is 3.05. The number of rotatable bonds is 5. The van der Waals surface area contributed by atoms with Crippen molar-refractivity contribution in [2.45, 2.75) is 13.0 Å². The number of nitrogens with two attached hydrogens (primary N) is 1. The largest absolute Gasteiger partial charge is 0.382 e. The molecular weight excluding hydrogens is 266 g/mol. The Labute approximate surface area is 121 Å². The number of para-hydroxylation sites is 1. The quantitative estimate of drug-likeness (QED) is 0.659. The molecule has 0 bridgehead atoms. The molecule has 0 aliphatic carbocycles. The molecule has 0 unspecified atom stereocenters. The molecule has 0 aliphatic rings. The van der Waals surface area contributed by atoms with Gasteiger partial charge in [0.25, 0.3) is 0 Å². The van der Waals surface area contributed by atoms with Crippen molar-refractivity contribution in [3.05, 3.63) is 48.3 Å². The van der Waals surface area contributed by atoms with Crippen LogP contribution in [0.15, 0.2) is 42.7 Å². The van der Waals surface area contributed by atoms with Gasteiger partial charge in [-0.25, -0.2) is 0 Å². The first-order chi connectivity index (χ1) is 10.2. The van der Waals surface area contributed by atoms with Crippen molar-refractivity contribution < 1.29 is 4.79 Å². The van der Waals surface area contributed by atoms with E-state index in [2.05, 4.69) is 21.5 Å². The van der Waals surface area contributed by atoms with E-state index in [0.29, 0.717) is 12.4 Å². The summed E-state index contributed by atoms with van der Waals surface area (Å²) >= 11 is 0. The average Bonchev–Trinajstić information content (AvgIpc) is 3.06. The molecule has 0 saturated carbocycles. The summed E-state index contributed by atoms with van der Waals surface area (Å²) in [4.78, 5) is 15.0. The maximum Gasteiger partial charge on any atom is 0.241 e. The number of nitrogens with zero attached hydrogens (tertiary/aromatic N) is 2. The van der Waals surface area contributed by atoms with Gasteiger partial charge in [-0.3, -0.25) is 9.48 Å². The molecule has 6 nitrogen and oxygen atoms in total. The summed E-state index contributed by atoms with van der Waals surface area (Å²) in [5.41, 5.74) is 7.82. The molecule has 0 fully saturated rings. The maximum atomic E-state index is 11.8. The van der Waals surface area contributed by atoms with Gasteiger partial charge in [-0.05, 0) is 24.1 Å². The standard InChI is InChI=1S/C15H17N5O/c16-14-6-8-20(19-14)10-15(21)17-7-5-11-9-18-13-4-2-1-3-12(11)13/h1-4,6,8-9,18H,5,7,10H2,(H2,16,19)(H,17,21). The van der Waals surface area contributed by atoms with Crippen LogP contribution in [-0.4, -0.2) is 27.2 Å². The van der Waals surface area contributed by atoms with E-state index in [4.69, 9.17) is 5.73 Å². The fraction of sp³-hybridized carbons (Fsp3) is 0.200. The molecule has 4 N–H and O–H groups in total.